The van der Waals surface area contributed by atoms with Gasteiger partial charge in [0.1, 0.15) is 67.7 Å². The lowest BCUT2D eigenvalue weighted by molar-refractivity contribution is -0.163. The molecule has 12 fully saturated rings. The fourth-order valence-corrected chi connectivity index (χ4v) is 21.9. The smallest absolute Gasteiger partial charge is 0.245 e. The van der Waals surface area contributed by atoms with Gasteiger partial charge in [-0.15, -0.1) is 0 Å². The second-order valence-electron chi connectivity index (χ2n) is 40.9. The molecule has 6 spiro atoms. The number of alkyl halides is 1. The van der Waals surface area contributed by atoms with Gasteiger partial charge in [-0.1, -0.05) is 158 Å². The molecule has 12 aliphatic heterocycles. The molecular formula is C108H145IN18O14. The summed E-state index contributed by atoms with van der Waals surface area (Å²) in [6.07, 6.45) is 3.76. The molecule has 12 aliphatic rings. The Balaban J connectivity index is 0.000000161. The van der Waals surface area contributed by atoms with Crippen molar-refractivity contribution in [2.24, 2.45) is 47.0 Å². The third-order valence-corrected chi connectivity index (χ3v) is 28.9. The highest BCUT2D eigenvalue weighted by atomic mass is 127. The summed E-state index contributed by atoms with van der Waals surface area (Å²) in [5.74, 6) is 6.55. The number of halogens is 1. The highest BCUT2D eigenvalue weighted by molar-refractivity contribution is 14.1. The molecule has 0 aromatic heterocycles. The van der Waals surface area contributed by atoms with Crippen LogP contribution in [-0.4, -0.2) is 306 Å². The number of primary amides is 2. The number of nitrogens with one attached hydrogen (secondary N) is 2. The quantitative estimate of drug-likeness (QED) is 0.0153. The lowest BCUT2D eigenvalue weighted by Crippen LogP contribution is -2.71. The number of benzene rings is 6. The normalized spacial score (nSPS) is 26.5. The molecule has 12 atom stereocenters. The fourth-order valence-electron chi connectivity index (χ4n) is 21.9. The van der Waals surface area contributed by atoms with E-state index in [1.54, 1.807) is 42.7 Å². The number of rotatable bonds is 28. The maximum Gasteiger partial charge on any atom is 0.245 e. The summed E-state index contributed by atoms with van der Waals surface area (Å²) < 4.78 is 30.9. The Morgan fingerprint density at radius 3 is 0.695 bits per heavy atom. The maximum atomic E-state index is 13.0. The topological polar surface area (TPSA) is 318 Å². The molecule has 0 saturated carbocycles. The second kappa shape index (κ2) is 47.9. The third-order valence-electron chi connectivity index (χ3n) is 28.9. The Kier molecular flexibility index (Phi) is 37.3. The SMILES string of the molecule is C.CI.COc1ccc(CN2C[C@@]3(C[C@H](C(N)=O)CN3CC(C)C)C2=O)cc1.COc1ccc(CN2C[C@@]3(C[C@H](C(N)=O)CN3CC(C)C)C2=O)cc1.[C-]#[N+][C@@H]1CN(CC(C)C)C2(C1)CN(Cc1ccc(OC)cc1)C2=O.[C-]#[N+][C@@H]1CN(CC(C)C)C2(C1)CN(Cc1ccc(OC)cc1)C2=O.[C-]#[N+][C@@H]1CNC2(C1)CN(Cc1ccc(OC)cc1)C2=O.[C-]#[N+][C@@H]1CNC2(C1)CN(Cc1ccc(OC)cc1)C2=O. The predicted octanol–water partition coefficient (Wildman–Crippen LogP) is 11.1. The van der Waals surface area contributed by atoms with E-state index in [1.165, 1.54) is 0 Å². The average molecular weight is 2050 g/mol. The van der Waals surface area contributed by atoms with Crippen molar-refractivity contribution in [3.05, 3.63) is 225 Å². The third kappa shape index (κ3) is 24.6. The summed E-state index contributed by atoms with van der Waals surface area (Å²) in [5, 5.41) is 6.46. The number of hydrogen-bond donors (Lipinski definition) is 4. The molecule has 4 unspecified atom stereocenters. The van der Waals surface area contributed by atoms with Crippen molar-refractivity contribution in [2.75, 3.05) is 152 Å². The molecule has 0 aliphatic carbocycles. The number of amides is 8. The Morgan fingerprint density at radius 2 is 0.525 bits per heavy atom. The predicted molar refractivity (Wildman–Crippen MR) is 550 cm³/mol. The molecule has 32 nitrogen and oxygen atoms in total. The molecule has 141 heavy (non-hydrogen) atoms. The molecule has 12 saturated heterocycles. The van der Waals surface area contributed by atoms with Gasteiger partial charge in [0, 0.05) is 118 Å². The van der Waals surface area contributed by atoms with Gasteiger partial charge >= 0.3 is 0 Å². The minimum Gasteiger partial charge on any atom is -0.497 e. The number of nitrogens with two attached hydrogens (primary N) is 2. The summed E-state index contributed by atoms with van der Waals surface area (Å²) in [7, 11) is 9.84. The highest BCUT2D eigenvalue weighted by Crippen LogP contribution is 2.48. The van der Waals surface area contributed by atoms with Crippen molar-refractivity contribution in [2.45, 2.75) is 198 Å². The van der Waals surface area contributed by atoms with Crippen LogP contribution in [0.3, 0.4) is 0 Å². The monoisotopic (exact) mass is 2050 g/mol. The molecule has 0 radical (unpaired) electrons. The van der Waals surface area contributed by atoms with Crippen LogP contribution in [0.15, 0.2) is 146 Å². The van der Waals surface area contributed by atoms with Crippen LogP contribution in [0, 0.1) is 61.8 Å². The molecule has 6 aromatic rings. The van der Waals surface area contributed by atoms with Crippen LogP contribution in [0.2, 0.25) is 0 Å². The second-order valence-corrected chi connectivity index (χ2v) is 40.9. The maximum absolute atomic E-state index is 13.0. The van der Waals surface area contributed by atoms with E-state index in [9.17, 15) is 38.4 Å². The average Bonchev–Trinajstić information content (AvgIpc) is 1.27. The summed E-state index contributed by atoms with van der Waals surface area (Å²) in [6, 6.07) is 46.5. The summed E-state index contributed by atoms with van der Waals surface area (Å²) in [5.41, 5.74) is 14.8. The van der Waals surface area contributed by atoms with Crippen molar-refractivity contribution < 1.29 is 66.8 Å². The lowest BCUT2D eigenvalue weighted by Gasteiger charge is -2.51. The van der Waals surface area contributed by atoms with Crippen molar-refractivity contribution in [3.8, 4) is 34.5 Å². The number of hydrogen-bond acceptors (Lipinski definition) is 20. The zero-order valence-electron chi connectivity index (χ0n) is 83.9. The Morgan fingerprint density at radius 1 is 0.326 bits per heavy atom. The van der Waals surface area contributed by atoms with Gasteiger partial charge in [-0.3, -0.25) is 68.6 Å². The molecule has 33 heteroatoms. The van der Waals surface area contributed by atoms with Gasteiger partial charge in [0.15, 0.2) is 0 Å². The number of ether oxygens (including phenoxy) is 6. The molecule has 18 rings (SSSR count). The van der Waals surface area contributed by atoms with Crippen LogP contribution in [0.1, 0.15) is 135 Å². The van der Waals surface area contributed by atoms with Crippen LogP contribution in [0.4, 0.5) is 0 Å². The van der Waals surface area contributed by atoms with Gasteiger partial charge in [-0.25, -0.2) is 26.3 Å². The number of nitrogens with zero attached hydrogens (tertiary/aromatic N) is 14. The van der Waals surface area contributed by atoms with Gasteiger partial charge in [-0.05, 0) is 148 Å². The highest BCUT2D eigenvalue weighted by Gasteiger charge is 2.66. The van der Waals surface area contributed by atoms with E-state index < -0.39 is 33.2 Å². The van der Waals surface area contributed by atoms with Crippen molar-refractivity contribution >= 4 is 69.8 Å². The molecule has 758 valence electrons. The van der Waals surface area contributed by atoms with Gasteiger partial charge in [-0.2, -0.15) is 0 Å². The van der Waals surface area contributed by atoms with Crippen molar-refractivity contribution in [1.82, 2.24) is 59.6 Å². The number of likely N-dealkylation sites (tertiary alicyclic amines) is 10. The first-order valence-electron chi connectivity index (χ1n) is 48.5. The molecule has 8 amide bonds. The largest absolute Gasteiger partial charge is 0.497 e. The lowest BCUT2D eigenvalue weighted by atomic mass is 9.82. The number of methoxy groups -OCH3 is 6. The summed E-state index contributed by atoms with van der Waals surface area (Å²) >= 11 is 2.15. The number of β-lactam (4-membered cyclic amide) rings is 6. The summed E-state index contributed by atoms with van der Waals surface area (Å²) in [6.45, 7) is 61.1. The van der Waals surface area contributed by atoms with Crippen LogP contribution in [0.5, 0.6) is 34.5 Å². The van der Waals surface area contributed by atoms with Crippen molar-refractivity contribution in [1.29, 1.82) is 0 Å². The van der Waals surface area contributed by atoms with E-state index >= 15 is 0 Å². The van der Waals surface area contributed by atoms with E-state index in [0.29, 0.717) is 154 Å². The van der Waals surface area contributed by atoms with E-state index in [1.807, 2.05) is 180 Å². The van der Waals surface area contributed by atoms with E-state index in [0.717, 1.165) is 120 Å². The van der Waals surface area contributed by atoms with Crippen LogP contribution in [0.25, 0.3) is 19.4 Å². The first-order valence-corrected chi connectivity index (χ1v) is 50.6. The van der Waals surface area contributed by atoms with Gasteiger partial charge in [0.25, 0.3) is 0 Å². The standard InChI is InChI=1S/2C19H27N3O3.2C19H25N3O2.2C15H17N3O2.CH3I.CH4/c2*1-13(2)9-22-11-15(17(20)23)8-19(22)12-21(18(19)24)10-14-4-6-16(25-3)7-5-14;2*1-14(2)10-22-12-16(20-3)9-19(22)13-21(18(19)23)11-15-5-7-17(24-4)8-6-15;2*1-16-12-7-15(17-8-12)10-18(14(15)19)9-11-3-5-13(20-2)6-4-11;1-2;/h2*4-7,13,15H,8-12H2,1-3H3,(H2,20,23);2*5-8,14,16H,9-13H2,1-2,4H3;2*3-6,12,17H,7-10H2,2H3;1H3;1H4/t2*15-,19-;2*16-,19?;2*12-,15?;;/m000000../s1. The molecule has 12 heterocycles. The molecule has 0 bridgehead atoms. The zero-order chi connectivity index (χ0) is 101. The molecule has 6 N–H and O–H groups in total. The Bertz CT molecular complexity index is 5150. The number of carbonyl (C=O) groups excluding carboxylic acids is 8. The van der Waals surface area contributed by atoms with Crippen molar-refractivity contribution in [3.63, 3.8) is 0 Å². The minimum atomic E-state index is -0.531. The zero-order valence-corrected chi connectivity index (χ0v) is 86.1. The van der Waals surface area contributed by atoms with Crippen LogP contribution in [-0.2, 0) is 77.6 Å². The van der Waals surface area contributed by atoms with Gasteiger partial charge in [0.05, 0.1) is 106 Å². The fraction of sp³-hybridized carbons (Fsp3) is 0.556. The minimum absolute atomic E-state index is 0. The Hall–Kier alpha value is -11.7. The summed E-state index contributed by atoms with van der Waals surface area (Å²) in [4.78, 5) is 136. The van der Waals surface area contributed by atoms with Crippen LogP contribution < -0.4 is 50.5 Å². The van der Waals surface area contributed by atoms with Gasteiger partial charge in [0.2, 0.25) is 71.4 Å². The van der Waals surface area contributed by atoms with Crippen LogP contribution >= 0.6 is 22.6 Å². The first kappa shape index (κ1) is 110. The first-order chi connectivity index (χ1) is 67.0. The van der Waals surface area contributed by atoms with E-state index in [4.69, 9.17) is 66.2 Å². The van der Waals surface area contributed by atoms with E-state index in [2.05, 4.69) is 128 Å². The van der Waals surface area contributed by atoms with E-state index in [-0.39, 0.29) is 90.7 Å². The number of carbonyl (C=O) groups is 8. The molecule has 6 aromatic carbocycles. The Labute approximate surface area is 847 Å². The van der Waals surface area contributed by atoms with Gasteiger partial charge < -0.3 is 88.7 Å². The molecular weight excluding hydrogens is 1900 g/mol.